The van der Waals surface area contributed by atoms with Crippen molar-refractivity contribution < 1.29 is 24.2 Å². The highest BCUT2D eigenvalue weighted by atomic mass is 16.6. The standard InChI is InChI=1S/C8H9BO5/c1-13-8(10)6-4-2-3-5-7(6)14-9(11)12/h2-5,11-12H,1H3. The Morgan fingerprint density at radius 2 is 2.00 bits per heavy atom. The average Bonchev–Trinajstić information content (AvgIpc) is 2.16. The first-order chi connectivity index (χ1) is 6.65. The van der Waals surface area contributed by atoms with Crippen LogP contribution in [0.25, 0.3) is 0 Å². The third-order valence-electron chi connectivity index (χ3n) is 1.52. The van der Waals surface area contributed by atoms with Gasteiger partial charge in [0.2, 0.25) is 0 Å². The topological polar surface area (TPSA) is 76.0 Å². The number of rotatable bonds is 3. The van der Waals surface area contributed by atoms with Crippen LogP contribution in [0.3, 0.4) is 0 Å². The van der Waals surface area contributed by atoms with Gasteiger partial charge in [0.25, 0.3) is 0 Å². The number of para-hydroxylation sites is 1. The van der Waals surface area contributed by atoms with Gasteiger partial charge in [0.15, 0.2) is 0 Å². The predicted octanol–water partition coefficient (Wildman–Crippen LogP) is -0.179. The van der Waals surface area contributed by atoms with E-state index in [1.165, 1.54) is 19.2 Å². The molecular formula is C8H9BO5. The molecule has 0 amide bonds. The zero-order valence-electron chi connectivity index (χ0n) is 7.51. The molecule has 0 saturated carbocycles. The fraction of sp³-hybridized carbons (Fsp3) is 0.125. The van der Waals surface area contributed by atoms with Gasteiger partial charge in [0.05, 0.1) is 12.7 Å². The quantitative estimate of drug-likeness (QED) is 0.518. The van der Waals surface area contributed by atoms with Gasteiger partial charge in [0.1, 0.15) is 5.75 Å². The summed E-state index contributed by atoms with van der Waals surface area (Å²) in [5, 5.41) is 17.1. The Labute approximate surface area is 81.1 Å². The van der Waals surface area contributed by atoms with Crippen LogP contribution in [0.4, 0.5) is 0 Å². The largest absolute Gasteiger partial charge is 0.707 e. The minimum absolute atomic E-state index is 0.0642. The lowest BCUT2D eigenvalue weighted by molar-refractivity contribution is 0.0598. The highest BCUT2D eigenvalue weighted by Crippen LogP contribution is 2.18. The molecule has 0 aromatic heterocycles. The highest BCUT2D eigenvalue weighted by Gasteiger charge is 2.17. The second-order valence-electron chi connectivity index (χ2n) is 2.43. The van der Waals surface area contributed by atoms with E-state index in [4.69, 9.17) is 10.0 Å². The molecule has 0 aliphatic carbocycles. The Balaban J connectivity index is 2.97. The van der Waals surface area contributed by atoms with Crippen LogP contribution < -0.4 is 4.65 Å². The summed E-state index contributed by atoms with van der Waals surface area (Å²) in [4.78, 5) is 11.2. The minimum Gasteiger partial charge on any atom is -0.511 e. The van der Waals surface area contributed by atoms with E-state index in [2.05, 4.69) is 9.39 Å². The van der Waals surface area contributed by atoms with E-state index < -0.39 is 13.3 Å². The van der Waals surface area contributed by atoms with Crippen molar-refractivity contribution in [1.82, 2.24) is 0 Å². The molecule has 0 fully saturated rings. The fourth-order valence-corrected chi connectivity index (χ4v) is 0.962. The van der Waals surface area contributed by atoms with Crippen LogP contribution in [0.5, 0.6) is 5.75 Å². The summed E-state index contributed by atoms with van der Waals surface area (Å²) in [7, 11) is -0.727. The van der Waals surface area contributed by atoms with E-state index in [9.17, 15) is 4.79 Å². The molecule has 0 spiro atoms. The molecule has 0 aliphatic heterocycles. The van der Waals surface area contributed by atoms with Gasteiger partial charge in [0, 0.05) is 0 Å². The van der Waals surface area contributed by atoms with Crippen molar-refractivity contribution in [1.29, 1.82) is 0 Å². The molecule has 74 valence electrons. The Morgan fingerprint density at radius 3 is 2.57 bits per heavy atom. The SMILES string of the molecule is COC(=O)c1ccccc1OB(O)O. The van der Waals surface area contributed by atoms with Crippen molar-refractivity contribution in [2.75, 3.05) is 7.11 Å². The summed E-state index contributed by atoms with van der Waals surface area (Å²) in [6.07, 6.45) is 0. The van der Waals surface area contributed by atoms with Gasteiger partial charge < -0.3 is 19.4 Å². The Morgan fingerprint density at radius 1 is 1.36 bits per heavy atom. The smallest absolute Gasteiger partial charge is 0.511 e. The van der Waals surface area contributed by atoms with Gasteiger partial charge in [-0.3, -0.25) is 0 Å². The van der Waals surface area contributed by atoms with Crippen LogP contribution in [0, 0.1) is 0 Å². The van der Waals surface area contributed by atoms with Crippen LogP contribution in [-0.4, -0.2) is 30.4 Å². The van der Waals surface area contributed by atoms with E-state index in [1.54, 1.807) is 12.1 Å². The van der Waals surface area contributed by atoms with Gasteiger partial charge in [-0.1, -0.05) is 12.1 Å². The molecule has 0 radical (unpaired) electrons. The van der Waals surface area contributed by atoms with Crippen molar-refractivity contribution in [3.63, 3.8) is 0 Å². The molecule has 5 nitrogen and oxygen atoms in total. The lowest BCUT2D eigenvalue weighted by Gasteiger charge is -2.08. The Bertz CT molecular complexity index is 325. The van der Waals surface area contributed by atoms with Crippen LogP contribution in [0.1, 0.15) is 10.4 Å². The zero-order chi connectivity index (χ0) is 10.6. The lowest BCUT2D eigenvalue weighted by Crippen LogP contribution is -2.22. The number of carbonyl (C=O) groups excluding carboxylic acids is 1. The van der Waals surface area contributed by atoms with Crippen molar-refractivity contribution >= 4 is 13.3 Å². The molecule has 0 bridgehead atoms. The van der Waals surface area contributed by atoms with E-state index in [0.29, 0.717) is 0 Å². The number of carbonyl (C=O) groups is 1. The van der Waals surface area contributed by atoms with Crippen molar-refractivity contribution in [2.45, 2.75) is 0 Å². The minimum atomic E-state index is -1.96. The number of hydrogen-bond acceptors (Lipinski definition) is 5. The molecule has 0 saturated heterocycles. The van der Waals surface area contributed by atoms with E-state index in [0.717, 1.165) is 0 Å². The van der Waals surface area contributed by atoms with Crippen molar-refractivity contribution in [2.24, 2.45) is 0 Å². The third-order valence-corrected chi connectivity index (χ3v) is 1.52. The van der Waals surface area contributed by atoms with E-state index in [1.807, 2.05) is 0 Å². The third kappa shape index (κ3) is 2.48. The summed E-state index contributed by atoms with van der Waals surface area (Å²) < 4.78 is 9.05. The Hall–Kier alpha value is -1.53. The monoisotopic (exact) mass is 196 g/mol. The van der Waals surface area contributed by atoms with Crippen molar-refractivity contribution in [3.05, 3.63) is 29.8 Å². The maximum absolute atomic E-state index is 11.2. The summed E-state index contributed by atoms with van der Waals surface area (Å²) in [5.41, 5.74) is 0.142. The summed E-state index contributed by atoms with van der Waals surface area (Å²) in [6.45, 7) is 0. The molecule has 0 aliphatic rings. The molecule has 0 unspecified atom stereocenters. The first kappa shape index (κ1) is 10.6. The van der Waals surface area contributed by atoms with Gasteiger partial charge in [-0.2, -0.15) is 0 Å². The van der Waals surface area contributed by atoms with Gasteiger partial charge in [-0.15, -0.1) is 0 Å². The average molecular weight is 196 g/mol. The first-order valence-electron chi connectivity index (χ1n) is 3.85. The van der Waals surface area contributed by atoms with Gasteiger partial charge in [-0.25, -0.2) is 4.79 Å². The molecule has 2 N–H and O–H groups in total. The second-order valence-corrected chi connectivity index (χ2v) is 2.43. The number of hydrogen-bond donors (Lipinski definition) is 2. The number of esters is 1. The molecule has 0 atom stereocenters. The van der Waals surface area contributed by atoms with Crippen LogP contribution in [0.2, 0.25) is 0 Å². The molecule has 0 heterocycles. The highest BCUT2D eigenvalue weighted by molar-refractivity contribution is 6.34. The van der Waals surface area contributed by atoms with E-state index >= 15 is 0 Å². The summed E-state index contributed by atoms with van der Waals surface area (Å²) in [5.74, 6) is -0.532. The maximum atomic E-state index is 11.2. The van der Waals surface area contributed by atoms with Crippen LogP contribution >= 0.6 is 0 Å². The molecule has 1 rings (SSSR count). The predicted molar refractivity (Wildman–Crippen MR) is 48.6 cm³/mol. The lowest BCUT2D eigenvalue weighted by atomic mass is 10.1. The number of benzene rings is 1. The van der Waals surface area contributed by atoms with E-state index in [-0.39, 0.29) is 11.3 Å². The zero-order valence-corrected chi connectivity index (χ0v) is 7.51. The number of methoxy groups -OCH3 is 1. The van der Waals surface area contributed by atoms with Crippen molar-refractivity contribution in [3.8, 4) is 5.75 Å². The molecule has 1 aromatic carbocycles. The molecule has 6 heteroatoms. The van der Waals surface area contributed by atoms with Gasteiger partial charge >= 0.3 is 13.3 Å². The second kappa shape index (κ2) is 4.64. The maximum Gasteiger partial charge on any atom is 0.707 e. The molecule has 1 aromatic rings. The normalized spacial score (nSPS) is 9.36. The molecular weight excluding hydrogens is 187 g/mol. The fourth-order valence-electron chi connectivity index (χ4n) is 0.962. The summed E-state index contributed by atoms with van der Waals surface area (Å²) >= 11 is 0. The molecule has 14 heavy (non-hydrogen) atoms. The first-order valence-corrected chi connectivity index (χ1v) is 3.85. The summed E-state index contributed by atoms with van der Waals surface area (Å²) in [6, 6.07) is 6.11. The van der Waals surface area contributed by atoms with Gasteiger partial charge in [-0.05, 0) is 12.1 Å². The van der Waals surface area contributed by atoms with Crippen LogP contribution in [-0.2, 0) is 4.74 Å². The number of ether oxygens (including phenoxy) is 1. The van der Waals surface area contributed by atoms with Crippen LogP contribution in [0.15, 0.2) is 24.3 Å². The Kier molecular flexibility index (Phi) is 3.50.